The van der Waals surface area contributed by atoms with Crippen LogP contribution in [0.15, 0.2) is 35.5 Å². The van der Waals surface area contributed by atoms with Gasteiger partial charge in [0.2, 0.25) is 5.56 Å². The summed E-state index contributed by atoms with van der Waals surface area (Å²) in [5.74, 6) is 0.706. The molecule has 0 fully saturated rings. The Kier molecular flexibility index (Phi) is 3.57. The molecule has 0 bridgehead atoms. The molecule has 0 aliphatic heterocycles. The molecule has 0 aliphatic carbocycles. The van der Waals surface area contributed by atoms with Gasteiger partial charge >= 0.3 is 0 Å². The zero-order valence-corrected chi connectivity index (χ0v) is 10.0. The Morgan fingerprint density at radius 1 is 1.50 bits per heavy atom. The maximum atomic E-state index is 11.7. The van der Waals surface area contributed by atoms with Crippen molar-refractivity contribution in [2.75, 3.05) is 6.54 Å². The monoisotopic (exact) mass is 246 g/mol. The molecule has 2 N–H and O–H groups in total. The fourth-order valence-electron chi connectivity index (χ4n) is 1.58. The van der Waals surface area contributed by atoms with Crippen LogP contribution in [0.25, 0.3) is 0 Å². The summed E-state index contributed by atoms with van der Waals surface area (Å²) in [6, 6.07) is 2.82. The highest BCUT2D eigenvalue weighted by molar-refractivity contribution is 5.93. The van der Waals surface area contributed by atoms with Gasteiger partial charge in [-0.1, -0.05) is 0 Å². The van der Waals surface area contributed by atoms with Crippen molar-refractivity contribution in [3.63, 3.8) is 0 Å². The Morgan fingerprint density at radius 2 is 2.33 bits per heavy atom. The van der Waals surface area contributed by atoms with Gasteiger partial charge in [0.05, 0.1) is 5.56 Å². The molecule has 0 radical (unpaired) electrons. The van der Waals surface area contributed by atoms with Crippen molar-refractivity contribution < 1.29 is 4.79 Å². The molecule has 2 heterocycles. The molecule has 2 aromatic rings. The molecule has 2 rings (SSSR count). The van der Waals surface area contributed by atoms with Gasteiger partial charge in [-0.25, -0.2) is 4.98 Å². The van der Waals surface area contributed by atoms with E-state index in [-0.39, 0.29) is 11.5 Å². The van der Waals surface area contributed by atoms with Crippen LogP contribution in [-0.4, -0.2) is 27.0 Å². The number of aromatic amines is 1. The lowest BCUT2D eigenvalue weighted by atomic mass is 10.2. The molecular weight excluding hydrogens is 232 g/mol. The Morgan fingerprint density at radius 3 is 2.94 bits per heavy atom. The third kappa shape index (κ3) is 2.85. The van der Waals surface area contributed by atoms with Crippen LogP contribution >= 0.6 is 0 Å². The number of imidazole rings is 1. The van der Waals surface area contributed by atoms with Crippen molar-refractivity contribution in [1.29, 1.82) is 0 Å². The normalized spacial score (nSPS) is 10.3. The number of hydrogen-bond acceptors (Lipinski definition) is 3. The lowest BCUT2D eigenvalue weighted by Gasteiger charge is -2.05. The highest BCUT2D eigenvalue weighted by Gasteiger charge is 2.05. The van der Waals surface area contributed by atoms with Crippen LogP contribution in [0.1, 0.15) is 16.2 Å². The second-order valence-corrected chi connectivity index (χ2v) is 3.90. The molecule has 2 aromatic heterocycles. The third-order valence-corrected chi connectivity index (χ3v) is 2.60. The minimum Gasteiger partial charge on any atom is -0.352 e. The van der Waals surface area contributed by atoms with Gasteiger partial charge in [0.15, 0.2) is 0 Å². The summed E-state index contributed by atoms with van der Waals surface area (Å²) in [5.41, 5.74) is 0.217. The molecule has 6 heteroatoms. The zero-order valence-electron chi connectivity index (χ0n) is 10.0. The van der Waals surface area contributed by atoms with E-state index in [0.29, 0.717) is 18.5 Å². The van der Waals surface area contributed by atoms with Gasteiger partial charge in [-0.3, -0.25) is 9.59 Å². The van der Waals surface area contributed by atoms with Gasteiger partial charge in [-0.2, -0.15) is 0 Å². The van der Waals surface area contributed by atoms with Crippen LogP contribution in [0.3, 0.4) is 0 Å². The number of amides is 1. The number of pyridine rings is 1. The topological polar surface area (TPSA) is 79.8 Å². The first-order valence-electron chi connectivity index (χ1n) is 5.60. The summed E-state index contributed by atoms with van der Waals surface area (Å²) in [4.78, 5) is 29.2. The van der Waals surface area contributed by atoms with Gasteiger partial charge in [0.25, 0.3) is 5.91 Å². The molecule has 0 saturated carbocycles. The molecule has 1 amide bonds. The Hall–Kier alpha value is -2.37. The quantitative estimate of drug-likeness (QED) is 0.801. The first-order valence-corrected chi connectivity index (χ1v) is 5.60. The molecule has 0 aromatic carbocycles. The summed E-state index contributed by atoms with van der Waals surface area (Å²) in [6.07, 6.45) is 5.65. The summed E-state index contributed by atoms with van der Waals surface area (Å²) < 4.78 is 1.91. The number of nitrogens with zero attached hydrogens (tertiary/aromatic N) is 2. The van der Waals surface area contributed by atoms with Crippen LogP contribution < -0.4 is 10.9 Å². The number of hydrogen-bond donors (Lipinski definition) is 2. The van der Waals surface area contributed by atoms with E-state index in [1.54, 1.807) is 6.20 Å². The summed E-state index contributed by atoms with van der Waals surface area (Å²) in [6.45, 7) is 0.503. The van der Waals surface area contributed by atoms with Crippen LogP contribution in [0.5, 0.6) is 0 Å². The van der Waals surface area contributed by atoms with Gasteiger partial charge in [-0.05, 0) is 6.07 Å². The summed E-state index contributed by atoms with van der Waals surface area (Å²) in [7, 11) is 1.91. The minimum atomic E-state index is -0.223. The van der Waals surface area contributed by atoms with Crippen molar-refractivity contribution in [2.24, 2.45) is 7.05 Å². The van der Waals surface area contributed by atoms with Gasteiger partial charge in [-0.15, -0.1) is 0 Å². The van der Waals surface area contributed by atoms with Gasteiger partial charge in [0.1, 0.15) is 5.82 Å². The molecule has 18 heavy (non-hydrogen) atoms. The van der Waals surface area contributed by atoms with E-state index in [1.165, 1.54) is 18.3 Å². The van der Waals surface area contributed by atoms with Gasteiger partial charge in [0, 0.05) is 44.7 Å². The molecule has 6 nitrogen and oxygen atoms in total. The van der Waals surface area contributed by atoms with Crippen molar-refractivity contribution in [3.05, 3.63) is 52.5 Å². The Labute approximate surface area is 104 Å². The van der Waals surface area contributed by atoms with E-state index in [9.17, 15) is 9.59 Å². The number of carbonyl (C=O) groups excluding carboxylic acids is 1. The first kappa shape index (κ1) is 12.1. The van der Waals surface area contributed by atoms with Gasteiger partial charge < -0.3 is 14.9 Å². The predicted molar refractivity (Wildman–Crippen MR) is 66.3 cm³/mol. The van der Waals surface area contributed by atoms with Crippen LogP contribution in [0, 0.1) is 0 Å². The molecule has 94 valence electrons. The van der Waals surface area contributed by atoms with Crippen molar-refractivity contribution in [3.8, 4) is 0 Å². The van der Waals surface area contributed by atoms with E-state index in [1.807, 2.05) is 17.8 Å². The van der Waals surface area contributed by atoms with E-state index >= 15 is 0 Å². The fourth-order valence-corrected chi connectivity index (χ4v) is 1.58. The lowest BCUT2D eigenvalue weighted by Crippen LogP contribution is -2.27. The molecule has 0 aliphatic rings. The second-order valence-electron chi connectivity index (χ2n) is 3.90. The number of H-pyrrole nitrogens is 1. The third-order valence-electron chi connectivity index (χ3n) is 2.60. The highest BCUT2D eigenvalue weighted by atomic mass is 16.1. The van der Waals surface area contributed by atoms with E-state index in [2.05, 4.69) is 15.3 Å². The molecular formula is C12H14N4O2. The van der Waals surface area contributed by atoms with Crippen LogP contribution in [0.2, 0.25) is 0 Å². The average molecular weight is 246 g/mol. The molecule has 0 saturated heterocycles. The van der Waals surface area contributed by atoms with E-state index < -0.39 is 0 Å². The average Bonchev–Trinajstić information content (AvgIpc) is 2.76. The predicted octanol–water partition coefficient (Wildman–Crippen LogP) is 0.0809. The lowest BCUT2D eigenvalue weighted by molar-refractivity contribution is 0.0953. The Balaban J connectivity index is 1.87. The van der Waals surface area contributed by atoms with Crippen LogP contribution in [-0.2, 0) is 13.5 Å². The smallest absolute Gasteiger partial charge is 0.252 e. The van der Waals surface area contributed by atoms with Crippen molar-refractivity contribution in [1.82, 2.24) is 19.9 Å². The van der Waals surface area contributed by atoms with Crippen molar-refractivity contribution in [2.45, 2.75) is 6.42 Å². The molecule has 0 unspecified atom stereocenters. The standard InChI is InChI=1S/C12H14N4O2/c1-16-7-6-13-10(16)4-5-14-12(18)9-2-3-11(17)15-8-9/h2-3,6-8H,4-5H2,1H3,(H,14,18)(H,15,17). The fraction of sp³-hybridized carbons (Fsp3) is 0.250. The van der Waals surface area contributed by atoms with Crippen molar-refractivity contribution >= 4 is 5.91 Å². The number of nitrogens with one attached hydrogen (secondary N) is 2. The maximum Gasteiger partial charge on any atom is 0.252 e. The Bertz CT molecular complexity index is 580. The largest absolute Gasteiger partial charge is 0.352 e. The number of aromatic nitrogens is 3. The molecule has 0 atom stereocenters. The van der Waals surface area contributed by atoms with E-state index in [0.717, 1.165) is 5.82 Å². The number of rotatable bonds is 4. The number of carbonyl (C=O) groups is 1. The highest BCUT2D eigenvalue weighted by Crippen LogP contribution is 1.96. The second kappa shape index (κ2) is 5.31. The van der Waals surface area contributed by atoms with E-state index in [4.69, 9.17) is 0 Å². The first-order chi connectivity index (χ1) is 8.66. The van der Waals surface area contributed by atoms with Crippen LogP contribution in [0.4, 0.5) is 0 Å². The summed E-state index contributed by atoms with van der Waals surface area (Å²) in [5, 5.41) is 2.77. The minimum absolute atomic E-state index is 0.208. The summed E-state index contributed by atoms with van der Waals surface area (Å²) >= 11 is 0. The zero-order chi connectivity index (χ0) is 13.0. The molecule has 0 spiro atoms. The maximum absolute atomic E-state index is 11.7. The number of aryl methyl sites for hydroxylation is 1. The SMILES string of the molecule is Cn1ccnc1CCNC(=O)c1ccc(=O)[nH]c1.